The number of aromatic nitrogens is 1. The molecule has 0 aliphatic heterocycles. The van der Waals surface area contributed by atoms with Crippen LogP contribution < -0.4 is 10.5 Å². The van der Waals surface area contributed by atoms with Crippen molar-refractivity contribution < 1.29 is 14.0 Å². The second-order valence-electron chi connectivity index (χ2n) is 3.81. The van der Waals surface area contributed by atoms with Crippen LogP contribution in [0.15, 0.2) is 28.8 Å². The molecule has 2 N–H and O–H groups in total. The zero-order valence-electron chi connectivity index (χ0n) is 10.5. The fraction of sp³-hybridized carbons (Fsp3) is 0.308. The normalized spacial score (nSPS) is 10.6. The summed E-state index contributed by atoms with van der Waals surface area (Å²) < 4.78 is 15.4. The van der Waals surface area contributed by atoms with E-state index in [1.165, 1.54) is 0 Å². The number of ether oxygens (including phenoxy) is 2. The Bertz CT molecular complexity index is 523. The van der Waals surface area contributed by atoms with Crippen LogP contribution in [0, 0.1) is 0 Å². The zero-order valence-corrected chi connectivity index (χ0v) is 10.5. The van der Waals surface area contributed by atoms with Gasteiger partial charge in [0.25, 0.3) is 0 Å². The van der Waals surface area contributed by atoms with Crippen molar-refractivity contribution in [2.24, 2.45) is 0 Å². The van der Waals surface area contributed by atoms with Crippen LogP contribution in [-0.2, 0) is 11.2 Å². The molecule has 2 rings (SSSR count). The van der Waals surface area contributed by atoms with Crippen molar-refractivity contribution in [3.05, 3.63) is 30.0 Å². The molecular formula is C13H16N2O3. The first-order valence-electron chi connectivity index (χ1n) is 5.64. The second kappa shape index (κ2) is 5.55. The molecule has 0 atom stereocenters. The first-order chi connectivity index (χ1) is 8.77. The first-order valence-corrected chi connectivity index (χ1v) is 5.64. The van der Waals surface area contributed by atoms with Crippen molar-refractivity contribution in [2.45, 2.75) is 6.42 Å². The average molecular weight is 248 g/mol. The Labute approximate surface area is 105 Å². The summed E-state index contributed by atoms with van der Waals surface area (Å²) in [6.45, 7) is 0.564. The first kappa shape index (κ1) is 12.4. The molecule has 5 heteroatoms. The minimum absolute atomic E-state index is 0.297. The summed E-state index contributed by atoms with van der Waals surface area (Å²) in [6.07, 6.45) is 0.643. The largest absolute Gasteiger partial charge is 0.496 e. The molecule has 0 bridgehead atoms. The minimum Gasteiger partial charge on any atom is -0.496 e. The maximum atomic E-state index is 5.84. The number of benzene rings is 1. The van der Waals surface area contributed by atoms with E-state index in [-0.39, 0.29) is 0 Å². The van der Waals surface area contributed by atoms with Crippen LogP contribution in [0.1, 0.15) is 5.69 Å². The lowest BCUT2D eigenvalue weighted by Gasteiger charge is -2.08. The number of nitrogens with two attached hydrogens (primary N) is 1. The van der Waals surface area contributed by atoms with Gasteiger partial charge in [-0.2, -0.15) is 0 Å². The molecule has 0 unspecified atom stereocenters. The van der Waals surface area contributed by atoms with E-state index in [0.717, 1.165) is 22.6 Å². The predicted octanol–water partition coefficient (Wildman–Crippen LogP) is 2.12. The highest BCUT2D eigenvalue weighted by Gasteiger charge is 2.18. The van der Waals surface area contributed by atoms with Crippen LogP contribution in [0.2, 0.25) is 0 Å². The average Bonchev–Trinajstić information content (AvgIpc) is 2.77. The van der Waals surface area contributed by atoms with Crippen LogP contribution in [-0.4, -0.2) is 26.0 Å². The van der Waals surface area contributed by atoms with Gasteiger partial charge in [0.05, 0.1) is 25.0 Å². The van der Waals surface area contributed by atoms with Gasteiger partial charge >= 0.3 is 0 Å². The summed E-state index contributed by atoms with van der Waals surface area (Å²) >= 11 is 0. The van der Waals surface area contributed by atoms with Crippen molar-refractivity contribution >= 4 is 5.88 Å². The molecule has 0 aliphatic rings. The van der Waals surface area contributed by atoms with E-state index in [4.69, 9.17) is 19.7 Å². The standard InChI is InChI=1S/C13H16N2O3/c1-16-8-7-10-12(13(14)18-15-10)9-5-3-4-6-11(9)17-2/h3-6H,7-8,14H2,1-2H3. The molecule has 96 valence electrons. The second-order valence-corrected chi connectivity index (χ2v) is 3.81. The quantitative estimate of drug-likeness (QED) is 0.877. The Morgan fingerprint density at radius 1 is 1.28 bits per heavy atom. The Morgan fingerprint density at radius 2 is 2.06 bits per heavy atom. The minimum atomic E-state index is 0.297. The highest BCUT2D eigenvalue weighted by Crippen LogP contribution is 2.36. The van der Waals surface area contributed by atoms with Gasteiger partial charge in [-0.25, -0.2) is 0 Å². The van der Waals surface area contributed by atoms with Crippen molar-refractivity contribution in [1.82, 2.24) is 5.16 Å². The molecule has 2 aromatic rings. The molecule has 1 aromatic carbocycles. The number of nitrogens with zero attached hydrogens (tertiary/aromatic N) is 1. The number of rotatable bonds is 5. The molecule has 0 radical (unpaired) electrons. The Balaban J connectivity index is 2.45. The van der Waals surface area contributed by atoms with E-state index >= 15 is 0 Å². The number of para-hydroxylation sites is 1. The maximum Gasteiger partial charge on any atom is 0.230 e. The van der Waals surface area contributed by atoms with Crippen LogP contribution >= 0.6 is 0 Å². The van der Waals surface area contributed by atoms with Gasteiger partial charge in [0, 0.05) is 19.1 Å². The van der Waals surface area contributed by atoms with Gasteiger partial charge < -0.3 is 19.7 Å². The molecule has 0 spiro atoms. The number of methoxy groups -OCH3 is 2. The fourth-order valence-corrected chi connectivity index (χ4v) is 1.85. The zero-order chi connectivity index (χ0) is 13.0. The van der Waals surface area contributed by atoms with Crippen molar-refractivity contribution in [2.75, 3.05) is 26.6 Å². The molecule has 1 heterocycles. The van der Waals surface area contributed by atoms with E-state index in [1.807, 2.05) is 24.3 Å². The van der Waals surface area contributed by atoms with E-state index in [2.05, 4.69) is 5.16 Å². The number of anilines is 1. The third kappa shape index (κ3) is 2.31. The van der Waals surface area contributed by atoms with Crippen molar-refractivity contribution in [1.29, 1.82) is 0 Å². The topological polar surface area (TPSA) is 70.5 Å². The molecule has 0 amide bonds. The molecule has 5 nitrogen and oxygen atoms in total. The van der Waals surface area contributed by atoms with Gasteiger partial charge in [0.2, 0.25) is 5.88 Å². The van der Waals surface area contributed by atoms with Gasteiger partial charge in [-0.1, -0.05) is 23.4 Å². The van der Waals surface area contributed by atoms with Crippen molar-refractivity contribution in [3.63, 3.8) is 0 Å². The molecule has 0 saturated carbocycles. The smallest absolute Gasteiger partial charge is 0.230 e. The van der Waals surface area contributed by atoms with E-state index in [1.54, 1.807) is 14.2 Å². The maximum absolute atomic E-state index is 5.84. The summed E-state index contributed by atoms with van der Waals surface area (Å²) in [6, 6.07) is 7.63. The van der Waals surface area contributed by atoms with Crippen LogP contribution in [0.3, 0.4) is 0 Å². The van der Waals surface area contributed by atoms with E-state index < -0.39 is 0 Å². The lowest BCUT2D eigenvalue weighted by Crippen LogP contribution is -1.98. The molecular weight excluding hydrogens is 232 g/mol. The highest BCUT2D eigenvalue weighted by atomic mass is 16.5. The van der Waals surface area contributed by atoms with Gasteiger partial charge in [-0.3, -0.25) is 0 Å². The Morgan fingerprint density at radius 3 is 2.78 bits per heavy atom. The highest BCUT2D eigenvalue weighted by molar-refractivity contribution is 5.79. The van der Waals surface area contributed by atoms with Crippen LogP contribution in [0.5, 0.6) is 5.75 Å². The lowest BCUT2D eigenvalue weighted by atomic mass is 10.0. The summed E-state index contributed by atoms with van der Waals surface area (Å²) in [4.78, 5) is 0. The molecule has 0 fully saturated rings. The molecule has 18 heavy (non-hydrogen) atoms. The Kier molecular flexibility index (Phi) is 3.84. The van der Waals surface area contributed by atoms with Crippen molar-refractivity contribution in [3.8, 4) is 16.9 Å². The monoisotopic (exact) mass is 248 g/mol. The summed E-state index contributed by atoms with van der Waals surface area (Å²) in [7, 11) is 3.27. The summed E-state index contributed by atoms with van der Waals surface area (Å²) in [5.41, 5.74) is 8.28. The SMILES string of the molecule is COCCc1noc(N)c1-c1ccccc1OC. The molecule has 0 aliphatic carbocycles. The lowest BCUT2D eigenvalue weighted by molar-refractivity contribution is 0.200. The number of hydrogen-bond donors (Lipinski definition) is 1. The molecule has 1 aromatic heterocycles. The molecule has 0 saturated heterocycles. The summed E-state index contributed by atoms with van der Waals surface area (Å²) in [5.74, 6) is 1.04. The van der Waals surface area contributed by atoms with Gasteiger partial charge in [0.15, 0.2) is 0 Å². The predicted molar refractivity (Wildman–Crippen MR) is 68.5 cm³/mol. The van der Waals surface area contributed by atoms with Gasteiger partial charge in [0.1, 0.15) is 5.75 Å². The fourth-order valence-electron chi connectivity index (χ4n) is 1.85. The Hall–Kier alpha value is -2.01. The van der Waals surface area contributed by atoms with Gasteiger partial charge in [-0.05, 0) is 6.07 Å². The van der Waals surface area contributed by atoms with Crippen LogP contribution in [0.25, 0.3) is 11.1 Å². The third-order valence-electron chi connectivity index (χ3n) is 2.71. The number of nitrogen functional groups attached to an aromatic ring is 1. The summed E-state index contributed by atoms with van der Waals surface area (Å²) in [5, 5.41) is 3.97. The van der Waals surface area contributed by atoms with Crippen LogP contribution in [0.4, 0.5) is 5.88 Å². The third-order valence-corrected chi connectivity index (χ3v) is 2.71. The van der Waals surface area contributed by atoms with E-state index in [0.29, 0.717) is 18.9 Å². The van der Waals surface area contributed by atoms with Gasteiger partial charge in [-0.15, -0.1) is 0 Å². The van der Waals surface area contributed by atoms with E-state index in [9.17, 15) is 0 Å². The number of hydrogen-bond acceptors (Lipinski definition) is 5.